The van der Waals surface area contributed by atoms with E-state index >= 15 is 0 Å². The number of sulfone groups is 1. The predicted octanol–water partition coefficient (Wildman–Crippen LogP) is 0.449. The maximum atomic E-state index is 12.4. The summed E-state index contributed by atoms with van der Waals surface area (Å²) >= 11 is 0. The minimum absolute atomic E-state index is 0.0157. The van der Waals surface area contributed by atoms with Crippen LogP contribution in [0.3, 0.4) is 0 Å². The Morgan fingerprint density at radius 1 is 1.28 bits per heavy atom. The molecule has 2 heterocycles. The zero-order valence-corrected chi connectivity index (χ0v) is 11.6. The third-order valence-corrected chi connectivity index (χ3v) is 5.59. The Morgan fingerprint density at radius 3 is 2.44 bits per heavy atom. The molecule has 2 aliphatic heterocycles. The van der Waals surface area contributed by atoms with Crippen LogP contribution >= 0.6 is 0 Å². The summed E-state index contributed by atoms with van der Waals surface area (Å²) in [5.74, 6) is 0.482. The Labute approximate surface area is 108 Å². The average molecular weight is 275 g/mol. The van der Waals surface area contributed by atoms with E-state index in [1.54, 1.807) is 4.90 Å². The van der Waals surface area contributed by atoms with E-state index in [2.05, 4.69) is 0 Å². The molecule has 1 unspecified atom stereocenters. The van der Waals surface area contributed by atoms with Crippen LogP contribution in [0.15, 0.2) is 0 Å². The molecule has 18 heavy (non-hydrogen) atoms. The average Bonchev–Trinajstić information content (AvgIpc) is 2.71. The summed E-state index contributed by atoms with van der Waals surface area (Å²) in [7, 11) is -2.93. The van der Waals surface area contributed by atoms with Gasteiger partial charge in [-0.25, -0.2) is 8.42 Å². The highest BCUT2D eigenvalue weighted by atomic mass is 32.2. The molecular weight excluding hydrogens is 254 g/mol. The van der Waals surface area contributed by atoms with Crippen molar-refractivity contribution in [2.75, 3.05) is 31.3 Å². The normalized spacial score (nSPS) is 28.2. The van der Waals surface area contributed by atoms with Gasteiger partial charge in [0.05, 0.1) is 11.5 Å². The van der Waals surface area contributed by atoms with E-state index in [1.165, 1.54) is 0 Å². The molecule has 2 saturated heterocycles. The number of carbonyl (C=O) groups is 1. The van der Waals surface area contributed by atoms with E-state index in [0.717, 1.165) is 12.8 Å². The minimum Gasteiger partial charge on any atom is -0.381 e. The van der Waals surface area contributed by atoms with Gasteiger partial charge < -0.3 is 9.64 Å². The molecule has 0 bridgehead atoms. The van der Waals surface area contributed by atoms with Crippen LogP contribution in [0.1, 0.15) is 26.2 Å². The second kappa shape index (κ2) is 5.57. The van der Waals surface area contributed by atoms with Gasteiger partial charge in [0, 0.05) is 31.7 Å². The first-order valence-corrected chi connectivity index (χ1v) is 8.44. The van der Waals surface area contributed by atoms with Gasteiger partial charge >= 0.3 is 0 Å². The van der Waals surface area contributed by atoms with Crippen molar-refractivity contribution in [3.8, 4) is 0 Å². The quantitative estimate of drug-likeness (QED) is 0.750. The first-order valence-electron chi connectivity index (χ1n) is 6.62. The lowest BCUT2D eigenvalue weighted by Crippen LogP contribution is -2.45. The highest BCUT2D eigenvalue weighted by molar-refractivity contribution is 7.91. The second-order valence-corrected chi connectivity index (χ2v) is 7.30. The number of hydrogen-bond donors (Lipinski definition) is 0. The fraction of sp³-hybridized carbons (Fsp3) is 0.917. The summed E-state index contributed by atoms with van der Waals surface area (Å²) < 4.78 is 28.3. The van der Waals surface area contributed by atoms with Crippen molar-refractivity contribution in [1.82, 2.24) is 4.90 Å². The van der Waals surface area contributed by atoms with E-state index in [4.69, 9.17) is 4.74 Å². The summed E-state index contributed by atoms with van der Waals surface area (Å²) in [6, 6.07) is -0.115. The van der Waals surface area contributed by atoms with Gasteiger partial charge in [-0.2, -0.15) is 0 Å². The first kappa shape index (κ1) is 13.8. The minimum atomic E-state index is -2.93. The summed E-state index contributed by atoms with van der Waals surface area (Å²) in [4.78, 5) is 14.2. The predicted molar refractivity (Wildman–Crippen MR) is 68.0 cm³/mol. The van der Waals surface area contributed by atoms with Gasteiger partial charge in [0.25, 0.3) is 0 Å². The third-order valence-electron chi connectivity index (χ3n) is 3.84. The second-order valence-electron chi connectivity index (χ2n) is 5.07. The van der Waals surface area contributed by atoms with Crippen molar-refractivity contribution in [3.63, 3.8) is 0 Å². The first-order chi connectivity index (χ1) is 8.53. The van der Waals surface area contributed by atoms with Crippen molar-refractivity contribution in [2.24, 2.45) is 5.92 Å². The van der Waals surface area contributed by atoms with Crippen molar-refractivity contribution in [3.05, 3.63) is 0 Å². The molecule has 0 N–H and O–H groups in total. The molecule has 5 nitrogen and oxygen atoms in total. The number of carbonyl (C=O) groups excluding carboxylic acids is 1. The van der Waals surface area contributed by atoms with Crippen LogP contribution in [0, 0.1) is 5.92 Å². The molecule has 0 aromatic rings. The maximum absolute atomic E-state index is 12.4. The number of hydrogen-bond acceptors (Lipinski definition) is 4. The van der Waals surface area contributed by atoms with Crippen LogP contribution in [0.2, 0.25) is 0 Å². The van der Waals surface area contributed by atoms with E-state index in [1.807, 2.05) is 6.92 Å². The number of amides is 1. The molecule has 104 valence electrons. The summed E-state index contributed by atoms with van der Waals surface area (Å²) in [5.41, 5.74) is 0. The molecule has 0 aliphatic carbocycles. The van der Waals surface area contributed by atoms with Gasteiger partial charge in [-0.3, -0.25) is 4.79 Å². The third kappa shape index (κ3) is 3.03. The largest absolute Gasteiger partial charge is 0.381 e. The highest BCUT2D eigenvalue weighted by Gasteiger charge is 2.36. The summed E-state index contributed by atoms with van der Waals surface area (Å²) in [6.07, 6.45) is 2.11. The molecule has 2 rings (SSSR count). The zero-order chi connectivity index (χ0) is 13.2. The van der Waals surface area contributed by atoms with Crippen LogP contribution in [0.25, 0.3) is 0 Å². The van der Waals surface area contributed by atoms with E-state index in [-0.39, 0.29) is 29.4 Å². The number of nitrogens with zero attached hydrogens (tertiary/aromatic N) is 1. The molecule has 0 saturated carbocycles. The van der Waals surface area contributed by atoms with Crippen LogP contribution in [-0.4, -0.2) is 56.5 Å². The van der Waals surface area contributed by atoms with Crippen molar-refractivity contribution >= 4 is 15.7 Å². The van der Waals surface area contributed by atoms with Gasteiger partial charge in [-0.05, 0) is 26.2 Å². The fourth-order valence-electron chi connectivity index (χ4n) is 2.79. The lowest BCUT2D eigenvalue weighted by Gasteiger charge is -2.32. The molecule has 0 aromatic carbocycles. The van der Waals surface area contributed by atoms with E-state index in [0.29, 0.717) is 26.2 Å². The van der Waals surface area contributed by atoms with Crippen molar-refractivity contribution in [2.45, 2.75) is 32.2 Å². The van der Waals surface area contributed by atoms with Crippen molar-refractivity contribution in [1.29, 1.82) is 0 Å². The molecule has 6 heteroatoms. The Balaban J connectivity index is 2.01. The van der Waals surface area contributed by atoms with Crippen LogP contribution in [0.4, 0.5) is 0 Å². The topological polar surface area (TPSA) is 63.7 Å². The Kier molecular flexibility index (Phi) is 4.27. The fourth-order valence-corrected chi connectivity index (χ4v) is 4.52. The van der Waals surface area contributed by atoms with Gasteiger partial charge in [0.1, 0.15) is 0 Å². The van der Waals surface area contributed by atoms with Crippen LogP contribution < -0.4 is 0 Å². The molecule has 0 spiro atoms. The molecule has 0 aromatic heterocycles. The van der Waals surface area contributed by atoms with Crippen LogP contribution in [-0.2, 0) is 19.4 Å². The van der Waals surface area contributed by atoms with Gasteiger partial charge in [0.15, 0.2) is 9.84 Å². The van der Waals surface area contributed by atoms with E-state index in [9.17, 15) is 13.2 Å². The molecule has 1 atom stereocenters. The highest BCUT2D eigenvalue weighted by Crippen LogP contribution is 2.23. The van der Waals surface area contributed by atoms with Gasteiger partial charge in [0.2, 0.25) is 5.91 Å². The molecule has 0 radical (unpaired) electrons. The Hall–Kier alpha value is -0.620. The monoisotopic (exact) mass is 275 g/mol. The molecule has 2 fully saturated rings. The maximum Gasteiger partial charge on any atom is 0.226 e. The lowest BCUT2D eigenvalue weighted by molar-refractivity contribution is -0.140. The zero-order valence-electron chi connectivity index (χ0n) is 10.8. The smallest absolute Gasteiger partial charge is 0.226 e. The van der Waals surface area contributed by atoms with Gasteiger partial charge in [-0.15, -0.1) is 0 Å². The standard InChI is InChI=1S/C12H21NO4S/c1-2-13(11-5-8-18(15,16)9-11)12(14)10-3-6-17-7-4-10/h10-11H,2-9H2,1H3. The molecular formula is C12H21NO4S. The van der Waals surface area contributed by atoms with Crippen molar-refractivity contribution < 1.29 is 17.9 Å². The lowest BCUT2D eigenvalue weighted by atomic mass is 9.97. The SMILES string of the molecule is CCN(C(=O)C1CCOCC1)C1CCS(=O)(=O)C1. The Morgan fingerprint density at radius 2 is 1.94 bits per heavy atom. The molecule has 2 aliphatic rings. The summed E-state index contributed by atoms with van der Waals surface area (Å²) in [6.45, 7) is 3.78. The van der Waals surface area contributed by atoms with E-state index < -0.39 is 9.84 Å². The Bertz CT molecular complexity index is 400. The summed E-state index contributed by atoms with van der Waals surface area (Å²) in [5, 5.41) is 0. The van der Waals surface area contributed by atoms with Gasteiger partial charge in [-0.1, -0.05) is 0 Å². The molecule has 1 amide bonds. The van der Waals surface area contributed by atoms with Crippen LogP contribution in [0.5, 0.6) is 0 Å². The number of rotatable bonds is 3. The number of ether oxygens (including phenoxy) is 1.